The van der Waals surface area contributed by atoms with E-state index in [4.69, 9.17) is 9.47 Å². The van der Waals surface area contributed by atoms with E-state index in [9.17, 15) is 0 Å². The highest BCUT2D eigenvalue weighted by atomic mass is 16.5. The van der Waals surface area contributed by atoms with Crippen LogP contribution in [0.25, 0.3) is 0 Å². The Morgan fingerprint density at radius 1 is 1.45 bits per heavy atom. The number of hydrogen-bond donors (Lipinski definition) is 1. The van der Waals surface area contributed by atoms with Gasteiger partial charge < -0.3 is 19.4 Å². The number of nitrogens with zero attached hydrogens (tertiary/aromatic N) is 2. The second-order valence-electron chi connectivity index (χ2n) is 5.74. The first-order chi connectivity index (χ1) is 9.76. The predicted octanol–water partition coefficient (Wildman–Crippen LogP) is 1.39. The molecule has 5 heteroatoms. The highest BCUT2D eigenvalue weighted by molar-refractivity contribution is 4.94. The average molecular weight is 281 g/mol. The molecule has 0 atom stereocenters. The van der Waals surface area contributed by atoms with Gasteiger partial charge in [0, 0.05) is 59.3 Å². The molecule has 2 rings (SSSR count). The van der Waals surface area contributed by atoms with Crippen LogP contribution in [0.2, 0.25) is 0 Å². The van der Waals surface area contributed by atoms with Gasteiger partial charge in [-0.2, -0.15) is 0 Å². The second kappa shape index (κ2) is 7.76. The van der Waals surface area contributed by atoms with E-state index in [1.807, 2.05) is 12.4 Å². The standard InChI is InChI=1S/C15H27N3O2/c1-18-9-7-17-14(18)3-4-15(5-10-20-11-6-15)13-16-8-12-19-2/h7,9,16H,3-6,8,10-13H2,1-2H3. The first kappa shape index (κ1) is 15.5. The summed E-state index contributed by atoms with van der Waals surface area (Å²) in [5.41, 5.74) is 0.345. The van der Waals surface area contributed by atoms with Crippen LogP contribution in [0.5, 0.6) is 0 Å². The molecule has 0 radical (unpaired) electrons. The lowest BCUT2D eigenvalue weighted by Gasteiger charge is -2.37. The van der Waals surface area contributed by atoms with Gasteiger partial charge in [-0.1, -0.05) is 0 Å². The lowest BCUT2D eigenvalue weighted by Crippen LogP contribution is -2.40. The number of aryl methyl sites for hydroxylation is 2. The smallest absolute Gasteiger partial charge is 0.108 e. The number of aromatic nitrogens is 2. The van der Waals surface area contributed by atoms with E-state index >= 15 is 0 Å². The number of nitrogens with one attached hydrogen (secondary N) is 1. The molecule has 1 aromatic heterocycles. The van der Waals surface area contributed by atoms with E-state index in [-0.39, 0.29) is 0 Å². The van der Waals surface area contributed by atoms with Gasteiger partial charge >= 0.3 is 0 Å². The monoisotopic (exact) mass is 281 g/mol. The first-order valence-corrected chi connectivity index (χ1v) is 7.49. The van der Waals surface area contributed by atoms with Gasteiger partial charge in [-0.05, 0) is 24.7 Å². The fraction of sp³-hybridized carbons (Fsp3) is 0.800. The zero-order valence-electron chi connectivity index (χ0n) is 12.7. The Kier molecular flexibility index (Phi) is 6.01. The van der Waals surface area contributed by atoms with Gasteiger partial charge in [0.15, 0.2) is 0 Å². The molecule has 1 fully saturated rings. The highest BCUT2D eigenvalue weighted by Gasteiger charge is 2.32. The Balaban J connectivity index is 1.87. The van der Waals surface area contributed by atoms with Crippen LogP contribution in [-0.2, 0) is 22.9 Å². The van der Waals surface area contributed by atoms with Crippen molar-refractivity contribution in [3.05, 3.63) is 18.2 Å². The zero-order valence-corrected chi connectivity index (χ0v) is 12.7. The zero-order chi connectivity index (χ0) is 14.3. The summed E-state index contributed by atoms with van der Waals surface area (Å²) in [6.07, 6.45) is 8.37. The largest absolute Gasteiger partial charge is 0.383 e. The number of ether oxygens (including phenoxy) is 2. The molecule has 0 spiro atoms. The molecule has 0 saturated carbocycles. The number of methoxy groups -OCH3 is 1. The van der Waals surface area contributed by atoms with Crippen LogP contribution in [0.15, 0.2) is 12.4 Å². The van der Waals surface area contributed by atoms with Gasteiger partial charge in [0.05, 0.1) is 6.61 Å². The maximum atomic E-state index is 5.54. The van der Waals surface area contributed by atoms with Crippen molar-refractivity contribution in [2.75, 3.05) is 40.0 Å². The van der Waals surface area contributed by atoms with Gasteiger partial charge in [0.2, 0.25) is 0 Å². The maximum Gasteiger partial charge on any atom is 0.108 e. The van der Waals surface area contributed by atoms with Gasteiger partial charge in [-0.3, -0.25) is 0 Å². The lowest BCUT2D eigenvalue weighted by atomic mass is 9.76. The van der Waals surface area contributed by atoms with Gasteiger partial charge in [-0.25, -0.2) is 4.98 Å². The van der Waals surface area contributed by atoms with E-state index in [1.54, 1.807) is 7.11 Å². The van der Waals surface area contributed by atoms with Crippen LogP contribution >= 0.6 is 0 Å². The van der Waals surface area contributed by atoms with E-state index in [0.29, 0.717) is 5.41 Å². The van der Waals surface area contributed by atoms with Crippen LogP contribution in [0, 0.1) is 5.41 Å². The fourth-order valence-corrected chi connectivity index (χ4v) is 2.86. The highest BCUT2D eigenvalue weighted by Crippen LogP contribution is 2.34. The topological polar surface area (TPSA) is 48.3 Å². The fourth-order valence-electron chi connectivity index (χ4n) is 2.86. The van der Waals surface area contributed by atoms with Crippen LogP contribution in [0.1, 0.15) is 25.1 Å². The molecule has 1 aliphatic heterocycles. The van der Waals surface area contributed by atoms with Crippen LogP contribution in [-0.4, -0.2) is 49.6 Å². The molecule has 1 saturated heterocycles. The van der Waals surface area contributed by atoms with Crippen molar-refractivity contribution in [1.29, 1.82) is 0 Å². The van der Waals surface area contributed by atoms with Crippen molar-refractivity contribution in [1.82, 2.24) is 14.9 Å². The molecular weight excluding hydrogens is 254 g/mol. The van der Waals surface area contributed by atoms with Crippen molar-refractivity contribution in [2.45, 2.75) is 25.7 Å². The van der Waals surface area contributed by atoms with Gasteiger partial charge in [-0.15, -0.1) is 0 Å². The molecule has 114 valence electrons. The van der Waals surface area contributed by atoms with Crippen LogP contribution < -0.4 is 5.32 Å². The van der Waals surface area contributed by atoms with Crippen molar-refractivity contribution in [2.24, 2.45) is 12.5 Å². The Bertz CT molecular complexity index is 386. The van der Waals surface area contributed by atoms with Gasteiger partial charge in [0.25, 0.3) is 0 Å². The third kappa shape index (κ3) is 4.30. The summed E-state index contributed by atoms with van der Waals surface area (Å²) in [5.74, 6) is 1.17. The minimum Gasteiger partial charge on any atom is -0.383 e. The quantitative estimate of drug-likeness (QED) is 0.732. The van der Waals surface area contributed by atoms with E-state index < -0.39 is 0 Å². The molecule has 0 aliphatic carbocycles. The first-order valence-electron chi connectivity index (χ1n) is 7.49. The summed E-state index contributed by atoms with van der Waals surface area (Å²) in [4.78, 5) is 4.43. The lowest BCUT2D eigenvalue weighted by molar-refractivity contribution is 0.00967. The van der Waals surface area contributed by atoms with Crippen LogP contribution in [0.4, 0.5) is 0 Å². The normalized spacial score (nSPS) is 18.3. The molecule has 1 N–H and O–H groups in total. The summed E-state index contributed by atoms with van der Waals surface area (Å²) in [6, 6.07) is 0. The second-order valence-corrected chi connectivity index (χ2v) is 5.74. The maximum absolute atomic E-state index is 5.54. The average Bonchev–Trinajstić information content (AvgIpc) is 2.88. The minimum absolute atomic E-state index is 0.345. The third-order valence-corrected chi connectivity index (χ3v) is 4.34. The Hall–Kier alpha value is -0.910. The molecular formula is C15H27N3O2. The van der Waals surface area contributed by atoms with E-state index in [0.717, 1.165) is 52.2 Å². The molecule has 0 unspecified atom stereocenters. The van der Waals surface area contributed by atoms with E-state index in [2.05, 4.69) is 21.9 Å². The summed E-state index contributed by atoms with van der Waals surface area (Å²) in [6.45, 7) is 4.50. The van der Waals surface area contributed by atoms with Crippen molar-refractivity contribution >= 4 is 0 Å². The van der Waals surface area contributed by atoms with Crippen molar-refractivity contribution in [3.63, 3.8) is 0 Å². The summed E-state index contributed by atoms with van der Waals surface area (Å²) in [7, 11) is 3.81. The van der Waals surface area contributed by atoms with Gasteiger partial charge in [0.1, 0.15) is 5.82 Å². The molecule has 2 heterocycles. The Labute approximate surface area is 121 Å². The van der Waals surface area contributed by atoms with Crippen molar-refractivity contribution < 1.29 is 9.47 Å². The minimum atomic E-state index is 0.345. The molecule has 0 amide bonds. The molecule has 20 heavy (non-hydrogen) atoms. The number of imidazole rings is 1. The molecule has 5 nitrogen and oxygen atoms in total. The summed E-state index contributed by atoms with van der Waals surface area (Å²) >= 11 is 0. The molecule has 1 aromatic rings. The summed E-state index contributed by atoms with van der Waals surface area (Å²) < 4.78 is 12.8. The molecule has 0 aromatic carbocycles. The Morgan fingerprint density at radius 2 is 2.25 bits per heavy atom. The van der Waals surface area contributed by atoms with Crippen LogP contribution in [0.3, 0.4) is 0 Å². The van der Waals surface area contributed by atoms with E-state index in [1.165, 1.54) is 12.2 Å². The van der Waals surface area contributed by atoms with Crippen molar-refractivity contribution in [3.8, 4) is 0 Å². The summed E-state index contributed by atoms with van der Waals surface area (Å²) in [5, 5.41) is 3.53. The third-order valence-electron chi connectivity index (χ3n) is 4.34. The molecule has 0 bridgehead atoms. The number of hydrogen-bond acceptors (Lipinski definition) is 4. The molecule has 1 aliphatic rings. The Morgan fingerprint density at radius 3 is 2.90 bits per heavy atom. The SMILES string of the molecule is COCCNCC1(CCc2nccn2C)CCOCC1. The predicted molar refractivity (Wildman–Crippen MR) is 78.8 cm³/mol. The number of rotatable bonds is 8.